The van der Waals surface area contributed by atoms with Crippen LogP contribution in [0.4, 0.5) is 0 Å². The molecule has 1 aliphatic rings. The Labute approximate surface area is 103 Å². The van der Waals surface area contributed by atoms with Crippen LogP contribution in [0.5, 0.6) is 5.75 Å². The third kappa shape index (κ3) is 2.79. The van der Waals surface area contributed by atoms with E-state index in [1.54, 1.807) is 0 Å². The number of phenols is 1. The van der Waals surface area contributed by atoms with Crippen LogP contribution in [0.15, 0.2) is 12.1 Å². The molecule has 1 unspecified atom stereocenters. The van der Waals surface area contributed by atoms with E-state index >= 15 is 0 Å². The predicted octanol–water partition coefficient (Wildman–Crippen LogP) is 1.80. The van der Waals surface area contributed by atoms with Crippen molar-refractivity contribution >= 4 is 0 Å². The van der Waals surface area contributed by atoms with Gasteiger partial charge in [-0.25, -0.2) is 0 Å². The quantitative estimate of drug-likeness (QED) is 0.837. The molecular formula is C14H22N2O. The summed E-state index contributed by atoms with van der Waals surface area (Å²) in [6, 6.07) is 4.82. The average molecular weight is 234 g/mol. The molecule has 17 heavy (non-hydrogen) atoms. The highest BCUT2D eigenvalue weighted by Crippen LogP contribution is 2.24. The van der Waals surface area contributed by atoms with Crippen LogP contribution < -0.4 is 5.32 Å². The first-order chi connectivity index (χ1) is 8.10. The van der Waals surface area contributed by atoms with Gasteiger partial charge in [-0.1, -0.05) is 12.1 Å². The van der Waals surface area contributed by atoms with Crippen LogP contribution in [-0.2, 0) is 6.54 Å². The van der Waals surface area contributed by atoms with E-state index in [0.717, 1.165) is 30.8 Å². The summed E-state index contributed by atoms with van der Waals surface area (Å²) in [5.74, 6) is 0.434. The van der Waals surface area contributed by atoms with Crippen LogP contribution >= 0.6 is 0 Å². The monoisotopic (exact) mass is 234 g/mol. The topological polar surface area (TPSA) is 35.5 Å². The van der Waals surface area contributed by atoms with E-state index in [4.69, 9.17) is 0 Å². The third-order valence-electron chi connectivity index (χ3n) is 3.64. The Morgan fingerprint density at radius 1 is 1.35 bits per heavy atom. The van der Waals surface area contributed by atoms with Gasteiger partial charge >= 0.3 is 0 Å². The summed E-state index contributed by atoms with van der Waals surface area (Å²) in [5.41, 5.74) is 3.25. The second-order valence-electron chi connectivity index (χ2n) is 5.09. The number of nitrogens with zero attached hydrogens (tertiary/aromatic N) is 1. The number of likely N-dealkylation sites (tertiary alicyclic amines) is 1. The van der Waals surface area contributed by atoms with Gasteiger partial charge in [-0.3, -0.25) is 4.90 Å². The lowest BCUT2D eigenvalue weighted by Gasteiger charge is -2.17. The molecular weight excluding hydrogens is 212 g/mol. The second kappa shape index (κ2) is 5.07. The van der Waals surface area contributed by atoms with Gasteiger partial charge < -0.3 is 10.4 Å². The summed E-state index contributed by atoms with van der Waals surface area (Å²) in [6.45, 7) is 7.19. The Bertz CT molecular complexity index is 380. The molecule has 94 valence electrons. The molecule has 3 heteroatoms. The predicted molar refractivity (Wildman–Crippen MR) is 70.3 cm³/mol. The summed E-state index contributed by atoms with van der Waals surface area (Å²) < 4.78 is 0. The number of aromatic hydroxyl groups is 1. The normalized spacial score (nSPS) is 21.0. The number of likely N-dealkylation sites (N-methyl/N-ethyl adjacent to an activating group) is 1. The van der Waals surface area contributed by atoms with Crippen molar-refractivity contribution in [2.24, 2.45) is 0 Å². The van der Waals surface area contributed by atoms with Crippen LogP contribution in [-0.4, -0.2) is 36.2 Å². The van der Waals surface area contributed by atoms with E-state index < -0.39 is 0 Å². The molecule has 1 fully saturated rings. The molecule has 1 saturated heterocycles. The molecule has 1 atom stereocenters. The maximum atomic E-state index is 9.75. The van der Waals surface area contributed by atoms with Gasteiger partial charge in [-0.15, -0.1) is 0 Å². The first-order valence-corrected chi connectivity index (χ1v) is 6.29. The molecule has 2 rings (SSSR count). The third-order valence-corrected chi connectivity index (χ3v) is 3.64. The van der Waals surface area contributed by atoms with Crippen molar-refractivity contribution < 1.29 is 5.11 Å². The molecule has 0 bridgehead atoms. The van der Waals surface area contributed by atoms with E-state index in [1.807, 2.05) is 20.9 Å². The molecule has 3 nitrogen and oxygen atoms in total. The maximum Gasteiger partial charge on any atom is 0.121 e. The zero-order valence-electron chi connectivity index (χ0n) is 11.0. The lowest BCUT2D eigenvalue weighted by molar-refractivity contribution is 0.322. The summed E-state index contributed by atoms with van der Waals surface area (Å²) in [5, 5.41) is 13.1. The van der Waals surface area contributed by atoms with Crippen LogP contribution in [0.1, 0.15) is 23.1 Å². The van der Waals surface area contributed by atoms with Crippen molar-refractivity contribution in [1.82, 2.24) is 10.2 Å². The molecule has 2 N–H and O–H groups in total. The van der Waals surface area contributed by atoms with E-state index in [-0.39, 0.29) is 0 Å². The fourth-order valence-electron chi connectivity index (χ4n) is 2.61. The van der Waals surface area contributed by atoms with Gasteiger partial charge in [0, 0.05) is 25.7 Å². The molecule has 1 aromatic rings. The number of aryl methyl sites for hydroxylation is 2. The molecule has 0 aliphatic carbocycles. The fraction of sp³-hybridized carbons (Fsp3) is 0.571. The van der Waals surface area contributed by atoms with Crippen LogP contribution in [0.25, 0.3) is 0 Å². The largest absolute Gasteiger partial charge is 0.507 e. The Kier molecular flexibility index (Phi) is 3.69. The zero-order valence-corrected chi connectivity index (χ0v) is 11.0. The van der Waals surface area contributed by atoms with E-state index in [0.29, 0.717) is 11.8 Å². The Morgan fingerprint density at radius 3 is 2.53 bits per heavy atom. The smallest absolute Gasteiger partial charge is 0.121 e. The number of phenolic OH excluding ortho intramolecular Hbond substituents is 1. The molecule has 1 heterocycles. The van der Waals surface area contributed by atoms with Crippen molar-refractivity contribution in [2.45, 2.75) is 32.9 Å². The van der Waals surface area contributed by atoms with Crippen molar-refractivity contribution in [3.63, 3.8) is 0 Å². The van der Waals surface area contributed by atoms with Gasteiger partial charge in [-0.05, 0) is 44.0 Å². The van der Waals surface area contributed by atoms with Gasteiger partial charge in [0.1, 0.15) is 5.75 Å². The lowest BCUT2D eigenvalue weighted by atomic mass is 10.1. The molecule has 0 radical (unpaired) electrons. The van der Waals surface area contributed by atoms with Gasteiger partial charge in [0.2, 0.25) is 0 Å². The Hall–Kier alpha value is -1.06. The summed E-state index contributed by atoms with van der Waals surface area (Å²) in [6.07, 6.45) is 1.23. The standard InChI is InChI=1S/C14H22N2O/c1-10-6-12(7-11(2)14(10)17)8-16-5-4-13(9-16)15-3/h6-7,13,15,17H,4-5,8-9H2,1-3H3. The summed E-state index contributed by atoms with van der Waals surface area (Å²) >= 11 is 0. The minimum absolute atomic E-state index is 0.434. The lowest BCUT2D eigenvalue weighted by Crippen LogP contribution is -2.29. The van der Waals surface area contributed by atoms with E-state index in [2.05, 4.69) is 22.3 Å². The number of benzene rings is 1. The van der Waals surface area contributed by atoms with Crippen molar-refractivity contribution in [3.05, 3.63) is 28.8 Å². The Balaban J connectivity index is 2.04. The second-order valence-corrected chi connectivity index (χ2v) is 5.09. The highest BCUT2D eigenvalue weighted by Gasteiger charge is 2.20. The molecule has 0 aromatic heterocycles. The van der Waals surface area contributed by atoms with Crippen molar-refractivity contribution in [2.75, 3.05) is 20.1 Å². The highest BCUT2D eigenvalue weighted by molar-refractivity contribution is 5.42. The summed E-state index contributed by atoms with van der Waals surface area (Å²) in [4.78, 5) is 2.46. The molecule has 1 aromatic carbocycles. The average Bonchev–Trinajstić information content (AvgIpc) is 2.73. The number of rotatable bonds is 3. The van der Waals surface area contributed by atoms with Gasteiger partial charge in [0.15, 0.2) is 0 Å². The van der Waals surface area contributed by atoms with Crippen LogP contribution in [0, 0.1) is 13.8 Å². The number of nitrogens with one attached hydrogen (secondary N) is 1. The van der Waals surface area contributed by atoms with Gasteiger partial charge in [0.25, 0.3) is 0 Å². The minimum Gasteiger partial charge on any atom is -0.507 e. The molecule has 0 spiro atoms. The SMILES string of the molecule is CNC1CCN(Cc2cc(C)c(O)c(C)c2)C1. The molecule has 1 aliphatic heterocycles. The Morgan fingerprint density at radius 2 is 2.00 bits per heavy atom. The maximum absolute atomic E-state index is 9.75. The van der Waals surface area contributed by atoms with Gasteiger partial charge in [-0.2, -0.15) is 0 Å². The number of hydrogen-bond acceptors (Lipinski definition) is 3. The molecule has 0 saturated carbocycles. The minimum atomic E-state index is 0.434. The first-order valence-electron chi connectivity index (χ1n) is 6.29. The van der Waals surface area contributed by atoms with Crippen molar-refractivity contribution in [3.8, 4) is 5.75 Å². The molecule has 0 amide bonds. The summed E-state index contributed by atoms with van der Waals surface area (Å²) in [7, 11) is 2.03. The van der Waals surface area contributed by atoms with E-state index in [9.17, 15) is 5.11 Å². The van der Waals surface area contributed by atoms with Crippen LogP contribution in [0.3, 0.4) is 0 Å². The first kappa shape index (κ1) is 12.4. The van der Waals surface area contributed by atoms with Crippen molar-refractivity contribution in [1.29, 1.82) is 0 Å². The van der Waals surface area contributed by atoms with E-state index in [1.165, 1.54) is 12.0 Å². The fourth-order valence-corrected chi connectivity index (χ4v) is 2.61. The van der Waals surface area contributed by atoms with Gasteiger partial charge in [0.05, 0.1) is 0 Å². The number of hydrogen-bond donors (Lipinski definition) is 2. The zero-order chi connectivity index (χ0) is 12.4. The highest BCUT2D eigenvalue weighted by atomic mass is 16.3. The van der Waals surface area contributed by atoms with Crippen LogP contribution in [0.2, 0.25) is 0 Å².